The molecule has 3 aliphatic rings. The van der Waals surface area contributed by atoms with Crippen LogP contribution in [0, 0.1) is 28.6 Å². The molecule has 2 unspecified atom stereocenters. The number of Topliss-reactive ketones (excluding diaryl/α,β-unsaturated/α-hetero) is 1. The Morgan fingerprint density at radius 1 is 1.07 bits per heavy atom. The first-order valence-corrected chi connectivity index (χ1v) is 14.2. The summed E-state index contributed by atoms with van der Waals surface area (Å²) in [7, 11) is 0. The Morgan fingerprint density at radius 2 is 1.73 bits per heavy atom. The van der Waals surface area contributed by atoms with Crippen LogP contribution in [0.4, 0.5) is 0 Å². The predicted molar refractivity (Wildman–Crippen MR) is 150 cm³/mol. The minimum Gasteiger partial charge on any atom is -0.345 e. The van der Waals surface area contributed by atoms with Gasteiger partial charge < -0.3 is 20.9 Å². The van der Waals surface area contributed by atoms with E-state index >= 15 is 0 Å². The van der Waals surface area contributed by atoms with Crippen LogP contribution in [-0.4, -0.2) is 59.0 Å². The Hall–Kier alpha value is -3.49. The van der Waals surface area contributed by atoms with Gasteiger partial charge in [0.05, 0.1) is 6.04 Å². The summed E-state index contributed by atoms with van der Waals surface area (Å²) in [5.41, 5.74) is 0.120. The molecule has 1 aromatic carbocycles. The summed E-state index contributed by atoms with van der Waals surface area (Å²) < 4.78 is 0. The number of fused-ring (bicyclic) bond motifs is 1. The quantitative estimate of drug-likeness (QED) is 0.288. The number of rotatable bonds is 11. The number of ketones is 1. The number of carbonyl (C=O) groups excluding carboxylic acids is 5. The van der Waals surface area contributed by atoms with Gasteiger partial charge in [0.15, 0.2) is 0 Å². The lowest BCUT2D eigenvalue weighted by atomic mass is 9.85. The second-order valence-corrected chi connectivity index (χ2v) is 13.2. The Bertz CT molecular complexity index is 1180. The van der Waals surface area contributed by atoms with Crippen molar-refractivity contribution >= 4 is 29.4 Å². The monoisotopic (exact) mass is 550 g/mol. The number of nitrogens with one attached hydrogen (secondary N) is 3. The van der Waals surface area contributed by atoms with Gasteiger partial charge in [-0.25, -0.2) is 0 Å². The molecule has 1 saturated heterocycles. The lowest BCUT2D eigenvalue weighted by molar-refractivity contribution is -0.146. The zero-order valence-corrected chi connectivity index (χ0v) is 24.2. The zero-order chi connectivity index (χ0) is 29.4. The number of amides is 4. The van der Waals surface area contributed by atoms with E-state index < -0.39 is 47.0 Å². The van der Waals surface area contributed by atoms with Crippen LogP contribution < -0.4 is 16.0 Å². The maximum absolute atomic E-state index is 13.9. The van der Waals surface area contributed by atoms with Crippen molar-refractivity contribution in [1.82, 2.24) is 20.9 Å². The molecule has 0 bridgehead atoms. The Labute approximate surface area is 236 Å². The summed E-state index contributed by atoms with van der Waals surface area (Å²) in [4.78, 5) is 67.5. The van der Waals surface area contributed by atoms with Gasteiger partial charge in [0, 0.05) is 13.1 Å². The van der Waals surface area contributed by atoms with Gasteiger partial charge in [-0.3, -0.25) is 24.0 Å². The number of piperidine rings is 1. The molecular weight excluding hydrogens is 508 g/mol. The molecule has 4 amide bonds. The Morgan fingerprint density at radius 3 is 2.30 bits per heavy atom. The van der Waals surface area contributed by atoms with Crippen molar-refractivity contribution in [1.29, 1.82) is 0 Å². The number of hydrogen-bond donors (Lipinski definition) is 3. The van der Waals surface area contributed by atoms with Crippen LogP contribution >= 0.6 is 0 Å². The molecule has 2 saturated carbocycles. The number of carbonyl (C=O) groups is 5. The molecule has 2 aliphatic carbocycles. The van der Waals surface area contributed by atoms with Gasteiger partial charge in [-0.15, -0.1) is 0 Å². The molecular formula is C31H42N4O5. The van der Waals surface area contributed by atoms with Crippen LogP contribution in [-0.2, 0) is 30.5 Å². The topological polar surface area (TPSA) is 125 Å². The average molecular weight is 551 g/mol. The summed E-state index contributed by atoms with van der Waals surface area (Å²) in [5.74, 6) is -2.30. The Kier molecular flexibility index (Phi) is 8.24. The van der Waals surface area contributed by atoms with Crippen molar-refractivity contribution in [2.24, 2.45) is 28.6 Å². The molecule has 5 atom stereocenters. The van der Waals surface area contributed by atoms with Crippen LogP contribution in [0.3, 0.4) is 0 Å². The van der Waals surface area contributed by atoms with Gasteiger partial charge >= 0.3 is 0 Å². The third-order valence-corrected chi connectivity index (χ3v) is 8.76. The van der Waals surface area contributed by atoms with Gasteiger partial charge in [-0.05, 0) is 46.6 Å². The summed E-state index contributed by atoms with van der Waals surface area (Å²) in [6.07, 6.45) is 3.42. The summed E-state index contributed by atoms with van der Waals surface area (Å²) in [5, 5.41) is 8.29. The molecule has 0 spiro atoms. The largest absolute Gasteiger partial charge is 0.345 e. The number of benzene rings is 1. The highest BCUT2D eigenvalue weighted by Gasteiger charge is 2.70. The second kappa shape index (κ2) is 11.2. The van der Waals surface area contributed by atoms with Crippen LogP contribution in [0.15, 0.2) is 43.0 Å². The highest BCUT2D eigenvalue weighted by Crippen LogP contribution is 2.65. The molecule has 1 aromatic rings. The molecule has 9 nitrogen and oxygen atoms in total. The van der Waals surface area contributed by atoms with Gasteiger partial charge in [0.2, 0.25) is 23.5 Å². The van der Waals surface area contributed by atoms with Crippen molar-refractivity contribution in [2.45, 2.75) is 78.6 Å². The summed E-state index contributed by atoms with van der Waals surface area (Å²) >= 11 is 0. The fraction of sp³-hybridized carbons (Fsp3) is 0.581. The zero-order valence-electron chi connectivity index (χ0n) is 24.2. The maximum atomic E-state index is 13.9. The lowest BCUT2D eigenvalue weighted by Gasteiger charge is -2.37. The molecule has 1 aliphatic heterocycles. The van der Waals surface area contributed by atoms with E-state index in [-0.39, 0.29) is 35.6 Å². The molecule has 3 fully saturated rings. The lowest BCUT2D eigenvalue weighted by Crippen LogP contribution is -2.60. The van der Waals surface area contributed by atoms with Crippen LogP contribution in [0.1, 0.15) is 59.4 Å². The van der Waals surface area contributed by atoms with Crippen molar-refractivity contribution in [3.63, 3.8) is 0 Å². The van der Waals surface area contributed by atoms with Crippen molar-refractivity contribution in [3.05, 3.63) is 48.6 Å². The maximum Gasteiger partial charge on any atom is 0.289 e. The highest BCUT2D eigenvalue weighted by atomic mass is 16.2. The van der Waals surface area contributed by atoms with E-state index in [9.17, 15) is 24.0 Å². The standard InChI is InChI=1S/C31H42N4O5/c1-7-22(36)34-26(30(2,3)4)29(40)35-17-20-23(31(20,5)6)24(35)27(38)33-21(15-18-13-14-18)25(37)28(39)32-16-19-11-9-8-10-12-19/h7-12,18,20-21,23-24,26H,1,13-17H2,2-6H3,(H,32,39)(H,33,38)(H,34,36)/t20-,21?,23-,24-,26?/m0/s1. The summed E-state index contributed by atoms with van der Waals surface area (Å²) in [6.45, 7) is 13.8. The summed E-state index contributed by atoms with van der Waals surface area (Å²) in [6, 6.07) is 6.68. The molecule has 0 radical (unpaired) electrons. The van der Waals surface area contributed by atoms with Crippen molar-refractivity contribution < 1.29 is 24.0 Å². The molecule has 1 heterocycles. The van der Waals surface area contributed by atoms with Crippen LogP contribution in [0.2, 0.25) is 0 Å². The van der Waals surface area contributed by atoms with Gasteiger partial charge in [-0.2, -0.15) is 0 Å². The minimum absolute atomic E-state index is 0.0734. The minimum atomic E-state index is -0.965. The van der Waals surface area contributed by atoms with Gasteiger partial charge in [-0.1, -0.05) is 84.4 Å². The van der Waals surface area contributed by atoms with E-state index in [0.29, 0.717) is 13.0 Å². The van der Waals surface area contributed by atoms with E-state index in [2.05, 4.69) is 36.4 Å². The predicted octanol–water partition coefficient (Wildman–Crippen LogP) is 2.36. The SMILES string of the molecule is C=CC(=O)NC(C(=O)N1C[C@H]2[C@@H]([C@H]1C(=O)NC(CC1CC1)C(=O)C(=O)NCc1ccccc1)C2(C)C)C(C)(C)C. The first-order chi connectivity index (χ1) is 18.8. The first-order valence-electron chi connectivity index (χ1n) is 14.2. The van der Waals surface area contributed by atoms with E-state index in [1.54, 1.807) is 4.90 Å². The third-order valence-electron chi connectivity index (χ3n) is 8.76. The highest BCUT2D eigenvalue weighted by molar-refractivity contribution is 6.38. The van der Waals surface area contributed by atoms with Gasteiger partial charge in [0.25, 0.3) is 5.91 Å². The average Bonchev–Trinajstić information content (AvgIpc) is 3.76. The fourth-order valence-electron chi connectivity index (χ4n) is 6.03. The van der Waals surface area contributed by atoms with E-state index in [4.69, 9.17) is 0 Å². The molecule has 216 valence electrons. The van der Waals surface area contributed by atoms with Crippen LogP contribution in [0.5, 0.6) is 0 Å². The molecule has 4 rings (SSSR count). The van der Waals surface area contributed by atoms with E-state index in [1.807, 2.05) is 51.1 Å². The van der Waals surface area contributed by atoms with Crippen molar-refractivity contribution in [2.75, 3.05) is 6.54 Å². The smallest absolute Gasteiger partial charge is 0.289 e. The van der Waals surface area contributed by atoms with Crippen molar-refractivity contribution in [3.8, 4) is 0 Å². The normalized spacial score (nSPS) is 24.2. The number of likely N-dealkylation sites (tertiary alicyclic amines) is 1. The van der Waals surface area contributed by atoms with Crippen LogP contribution in [0.25, 0.3) is 0 Å². The number of nitrogens with zero attached hydrogens (tertiary/aromatic N) is 1. The fourth-order valence-corrected chi connectivity index (χ4v) is 6.03. The Balaban J connectivity index is 1.51. The second-order valence-electron chi connectivity index (χ2n) is 13.2. The molecule has 40 heavy (non-hydrogen) atoms. The number of hydrogen-bond acceptors (Lipinski definition) is 5. The molecule has 9 heteroatoms. The molecule has 0 aromatic heterocycles. The molecule has 3 N–H and O–H groups in total. The van der Waals surface area contributed by atoms with E-state index in [1.165, 1.54) is 0 Å². The van der Waals surface area contributed by atoms with Gasteiger partial charge in [0.1, 0.15) is 12.1 Å². The third kappa shape index (κ3) is 6.29. The van der Waals surface area contributed by atoms with E-state index in [0.717, 1.165) is 24.5 Å². The first kappa shape index (κ1) is 29.5.